The fourth-order valence-electron chi connectivity index (χ4n) is 3.62. The van der Waals surface area contributed by atoms with E-state index in [2.05, 4.69) is 16.3 Å². The summed E-state index contributed by atoms with van der Waals surface area (Å²) in [4.78, 5) is 14.7. The number of carbonyl (C=O) groups excluding carboxylic acids is 1. The van der Waals surface area contributed by atoms with Crippen molar-refractivity contribution in [2.75, 3.05) is 7.11 Å². The van der Waals surface area contributed by atoms with Crippen LogP contribution in [0.1, 0.15) is 50.8 Å². The Bertz CT molecular complexity index is 511. The van der Waals surface area contributed by atoms with Gasteiger partial charge in [-0.25, -0.2) is 0 Å². The van der Waals surface area contributed by atoms with Gasteiger partial charge in [-0.3, -0.25) is 10.1 Å². The van der Waals surface area contributed by atoms with Gasteiger partial charge in [0.2, 0.25) is 5.91 Å². The summed E-state index contributed by atoms with van der Waals surface area (Å²) in [7, 11) is 1.68. The lowest BCUT2D eigenvalue weighted by Crippen LogP contribution is -2.41. The van der Waals surface area contributed by atoms with E-state index in [1.165, 1.54) is 19.3 Å². The van der Waals surface area contributed by atoms with Gasteiger partial charge in [0, 0.05) is 11.6 Å². The second-order valence-corrected chi connectivity index (χ2v) is 6.07. The van der Waals surface area contributed by atoms with E-state index in [9.17, 15) is 4.79 Å². The summed E-state index contributed by atoms with van der Waals surface area (Å²) < 4.78 is 5.49. The first-order valence-electron chi connectivity index (χ1n) is 7.93. The number of amides is 1. The molecule has 1 aliphatic carbocycles. The Balaban J connectivity index is 1.93. The Morgan fingerprint density at radius 1 is 1.19 bits per heavy atom. The molecule has 4 heteroatoms. The average Bonchev–Trinajstić information content (AvgIpc) is 2.83. The van der Waals surface area contributed by atoms with Crippen LogP contribution >= 0.6 is 0 Å². The molecule has 1 saturated heterocycles. The highest BCUT2D eigenvalue weighted by Gasteiger charge is 2.42. The second kappa shape index (κ2) is 6.06. The minimum Gasteiger partial charge on any atom is -0.496 e. The smallest absolute Gasteiger partial charge is 0.241 e. The predicted octanol–water partition coefficient (Wildman–Crippen LogP) is 2.85. The number of rotatable bonds is 3. The largest absolute Gasteiger partial charge is 0.496 e. The van der Waals surface area contributed by atoms with E-state index in [1.807, 2.05) is 25.1 Å². The maximum atomic E-state index is 12.6. The third kappa shape index (κ3) is 2.64. The van der Waals surface area contributed by atoms with Crippen molar-refractivity contribution in [3.63, 3.8) is 0 Å². The summed E-state index contributed by atoms with van der Waals surface area (Å²) >= 11 is 0. The lowest BCUT2D eigenvalue weighted by atomic mass is 9.93. The van der Waals surface area contributed by atoms with Crippen molar-refractivity contribution >= 4 is 5.91 Å². The van der Waals surface area contributed by atoms with Crippen LogP contribution in [0.2, 0.25) is 0 Å². The van der Waals surface area contributed by atoms with Crippen LogP contribution in [0.15, 0.2) is 24.3 Å². The molecule has 2 atom stereocenters. The molecule has 0 spiro atoms. The van der Waals surface area contributed by atoms with E-state index in [4.69, 9.17) is 4.74 Å². The number of benzene rings is 1. The first kappa shape index (κ1) is 14.4. The Hall–Kier alpha value is -1.55. The lowest BCUT2D eigenvalue weighted by molar-refractivity contribution is -0.132. The van der Waals surface area contributed by atoms with Gasteiger partial charge in [0.05, 0.1) is 13.2 Å². The molecule has 2 fully saturated rings. The van der Waals surface area contributed by atoms with Gasteiger partial charge in [0.25, 0.3) is 0 Å². The molecule has 0 radical (unpaired) electrons. The molecule has 4 nitrogen and oxygen atoms in total. The van der Waals surface area contributed by atoms with Gasteiger partial charge in [-0.2, -0.15) is 0 Å². The maximum Gasteiger partial charge on any atom is 0.241 e. The average molecular weight is 288 g/mol. The molecule has 3 rings (SSSR count). The summed E-state index contributed by atoms with van der Waals surface area (Å²) in [5.41, 5.74) is 1.06. The molecule has 1 aromatic carbocycles. The zero-order chi connectivity index (χ0) is 14.8. The number of hydrogen-bond acceptors (Lipinski definition) is 3. The summed E-state index contributed by atoms with van der Waals surface area (Å²) in [5, 5.41) is 3.44. The monoisotopic (exact) mass is 288 g/mol. The lowest BCUT2D eigenvalue weighted by Gasteiger charge is -2.35. The topological polar surface area (TPSA) is 41.6 Å². The zero-order valence-corrected chi connectivity index (χ0v) is 12.8. The zero-order valence-electron chi connectivity index (χ0n) is 12.8. The van der Waals surface area contributed by atoms with Gasteiger partial charge in [0.1, 0.15) is 11.9 Å². The van der Waals surface area contributed by atoms with E-state index < -0.39 is 0 Å². The SMILES string of the molecule is COc1ccccc1C1NC(C)C(=O)N1C1CCCCC1. The van der Waals surface area contributed by atoms with E-state index >= 15 is 0 Å². The number of ether oxygens (including phenoxy) is 1. The Morgan fingerprint density at radius 3 is 2.62 bits per heavy atom. The molecule has 114 valence electrons. The molecule has 1 aliphatic heterocycles. The number of nitrogens with zero attached hydrogens (tertiary/aromatic N) is 1. The number of carbonyl (C=O) groups is 1. The van der Waals surface area contributed by atoms with Gasteiger partial charge >= 0.3 is 0 Å². The summed E-state index contributed by atoms with van der Waals surface area (Å²) in [6, 6.07) is 8.22. The molecular weight excluding hydrogens is 264 g/mol. The third-order valence-corrected chi connectivity index (χ3v) is 4.71. The van der Waals surface area contributed by atoms with Crippen LogP contribution in [0.4, 0.5) is 0 Å². The van der Waals surface area contributed by atoms with Crippen molar-refractivity contribution in [2.24, 2.45) is 0 Å². The van der Waals surface area contributed by atoms with Crippen LogP contribution in [0.3, 0.4) is 0 Å². The van der Waals surface area contributed by atoms with Crippen LogP contribution in [0, 0.1) is 0 Å². The molecule has 0 bridgehead atoms. The number of para-hydroxylation sites is 1. The van der Waals surface area contributed by atoms with Gasteiger partial charge in [0.15, 0.2) is 0 Å². The quantitative estimate of drug-likeness (QED) is 0.930. The normalized spacial score (nSPS) is 27.1. The van der Waals surface area contributed by atoms with Crippen molar-refractivity contribution in [3.05, 3.63) is 29.8 Å². The Kier molecular flexibility index (Phi) is 4.15. The molecule has 1 heterocycles. The molecule has 1 N–H and O–H groups in total. The minimum atomic E-state index is -0.123. The second-order valence-electron chi connectivity index (χ2n) is 6.07. The van der Waals surface area contributed by atoms with Crippen molar-refractivity contribution in [3.8, 4) is 5.75 Å². The van der Waals surface area contributed by atoms with Crippen LogP contribution in [-0.4, -0.2) is 30.0 Å². The van der Waals surface area contributed by atoms with Crippen molar-refractivity contribution in [1.82, 2.24) is 10.2 Å². The van der Waals surface area contributed by atoms with Gasteiger partial charge < -0.3 is 9.64 Å². The van der Waals surface area contributed by atoms with Crippen LogP contribution < -0.4 is 10.1 Å². The molecule has 2 unspecified atom stereocenters. The van der Waals surface area contributed by atoms with E-state index in [0.29, 0.717) is 6.04 Å². The molecule has 0 aromatic heterocycles. The van der Waals surface area contributed by atoms with E-state index in [0.717, 1.165) is 24.2 Å². The van der Waals surface area contributed by atoms with Crippen LogP contribution in [0.25, 0.3) is 0 Å². The van der Waals surface area contributed by atoms with Crippen molar-refractivity contribution in [1.29, 1.82) is 0 Å². The van der Waals surface area contributed by atoms with Crippen LogP contribution in [-0.2, 0) is 4.79 Å². The summed E-state index contributed by atoms with van der Waals surface area (Å²) in [5.74, 6) is 1.07. The Morgan fingerprint density at radius 2 is 1.90 bits per heavy atom. The van der Waals surface area contributed by atoms with Gasteiger partial charge in [-0.1, -0.05) is 37.5 Å². The molecule has 1 aromatic rings. The first-order valence-corrected chi connectivity index (χ1v) is 7.93. The third-order valence-electron chi connectivity index (χ3n) is 4.71. The minimum absolute atomic E-state index is 0.0632. The number of nitrogens with one attached hydrogen (secondary N) is 1. The molecule has 1 amide bonds. The molecule has 1 saturated carbocycles. The van der Waals surface area contributed by atoms with E-state index in [1.54, 1.807) is 7.11 Å². The predicted molar refractivity (Wildman–Crippen MR) is 82.1 cm³/mol. The van der Waals surface area contributed by atoms with E-state index in [-0.39, 0.29) is 18.1 Å². The maximum absolute atomic E-state index is 12.6. The summed E-state index contributed by atoms with van der Waals surface area (Å²) in [6.07, 6.45) is 5.91. The van der Waals surface area contributed by atoms with Gasteiger partial charge in [-0.15, -0.1) is 0 Å². The van der Waals surface area contributed by atoms with Gasteiger partial charge in [-0.05, 0) is 25.8 Å². The highest BCUT2D eigenvalue weighted by Crippen LogP contribution is 2.36. The highest BCUT2D eigenvalue weighted by molar-refractivity contribution is 5.84. The van der Waals surface area contributed by atoms with Crippen LogP contribution in [0.5, 0.6) is 5.75 Å². The molecule has 2 aliphatic rings. The van der Waals surface area contributed by atoms with Crippen molar-refractivity contribution in [2.45, 2.75) is 57.3 Å². The fourth-order valence-corrected chi connectivity index (χ4v) is 3.62. The fraction of sp³-hybridized carbons (Fsp3) is 0.588. The number of hydrogen-bond donors (Lipinski definition) is 1. The molecular formula is C17H24N2O2. The number of methoxy groups -OCH3 is 1. The first-order chi connectivity index (χ1) is 10.2. The summed E-state index contributed by atoms with van der Waals surface area (Å²) in [6.45, 7) is 1.95. The highest BCUT2D eigenvalue weighted by atomic mass is 16.5. The molecule has 21 heavy (non-hydrogen) atoms. The standard InChI is InChI=1S/C17H24N2O2/c1-12-17(20)19(13-8-4-3-5-9-13)16(18-12)14-10-6-7-11-15(14)21-2/h6-7,10-13,16,18H,3-5,8-9H2,1-2H3. The van der Waals surface area contributed by atoms with Crippen molar-refractivity contribution < 1.29 is 9.53 Å². The Labute approximate surface area is 126 Å².